The highest BCUT2D eigenvalue weighted by atomic mass is 32.2. The summed E-state index contributed by atoms with van der Waals surface area (Å²) in [6.45, 7) is 10.5. The molecule has 3 amide bonds. The molecule has 1 aliphatic rings. The highest BCUT2D eigenvalue weighted by Gasteiger charge is 2.47. The summed E-state index contributed by atoms with van der Waals surface area (Å²) < 4.78 is 29.9. The number of carbonyl (C=O) groups is 3. The molecule has 0 spiro atoms. The Kier molecular flexibility index (Phi) is 7.77. The summed E-state index contributed by atoms with van der Waals surface area (Å²) in [4.78, 5) is 39.5. The molecule has 8 nitrogen and oxygen atoms in total. The van der Waals surface area contributed by atoms with E-state index in [1.807, 2.05) is 51.1 Å². The monoisotopic (exact) mass is 547 g/mol. The normalized spacial score (nSPS) is 15.8. The van der Waals surface area contributed by atoms with E-state index in [9.17, 15) is 22.8 Å². The van der Waals surface area contributed by atoms with Gasteiger partial charge in [-0.1, -0.05) is 35.9 Å². The number of amides is 3. The third-order valence-corrected chi connectivity index (χ3v) is 9.37. The fourth-order valence-electron chi connectivity index (χ4n) is 4.93. The lowest BCUT2D eigenvalue weighted by molar-refractivity contribution is -0.122. The van der Waals surface area contributed by atoms with Crippen molar-refractivity contribution < 1.29 is 22.8 Å². The number of aryl methyl sites for hydroxylation is 3. The van der Waals surface area contributed by atoms with E-state index in [4.69, 9.17) is 0 Å². The molecule has 3 aromatic rings. The number of carbonyl (C=O) groups excluding carboxylic acids is 3. The van der Waals surface area contributed by atoms with Gasteiger partial charge < -0.3 is 5.32 Å². The van der Waals surface area contributed by atoms with Gasteiger partial charge in [-0.15, -0.1) is 0 Å². The van der Waals surface area contributed by atoms with Crippen LogP contribution >= 0.6 is 0 Å². The van der Waals surface area contributed by atoms with Gasteiger partial charge in [-0.3, -0.25) is 14.4 Å². The van der Waals surface area contributed by atoms with Crippen molar-refractivity contribution in [3.8, 4) is 0 Å². The average molecular weight is 548 g/mol. The highest BCUT2D eigenvalue weighted by molar-refractivity contribution is 7.89. The van der Waals surface area contributed by atoms with Crippen molar-refractivity contribution in [1.82, 2.24) is 4.31 Å². The second kappa shape index (κ2) is 10.7. The van der Waals surface area contributed by atoms with Gasteiger partial charge in [0, 0.05) is 19.2 Å². The van der Waals surface area contributed by atoms with Crippen molar-refractivity contribution in [2.75, 3.05) is 10.2 Å². The van der Waals surface area contributed by atoms with E-state index < -0.39 is 27.9 Å². The number of nitrogens with zero attached hydrogens (tertiary/aromatic N) is 2. The summed E-state index contributed by atoms with van der Waals surface area (Å²) in [6, 6.07) is 14.5. The number of nitrogens with one attached hydrogen (secondary N) is 1. The van der Waals surface area contributed by atoms with Gasteiger partial charge in [0.15, 0.2) is 0 Å². The molecule has 204 valence electrons. The van der Waals surface area contributed by atoms with Gasteiger partial charge in [-0.05, 0) is 86.7 Å². The summed E-state index contributed by atoms with van der Waals surface area (Å²) in [7, 11) is -4.20. The minimum atomic E-state index is -4.20. The first-order chi connectivity index (χ1) is 18.3. The first kappa shape index (κ1) is 28.2. The summed E-state index contributed by atoms with van der Waals surface area (Å²) >= 11 is 0. The Balaban J connectivity index is 1.79. The van der Waals surface area contributed by atoms with Crippen LogP contribution in [0.4, 0.5) is 11.4 Å². The van der Waals surface area contributed by atoms with Gasteiger partial charge in [-0.2, -0.15) is 4.31 Å². The Morgan fingerprint density at radius 3 is 2.03 bits per heavy atom. The Morgan fingerprint density at radius 1 is 0.923 bits per heavy atom. The minimum Gasteiger partial charge on any atom is -0.326 e. The fraction of sp³-hybridized carbons (Fsp3) is 0.300. The largest absolute Gasteiger partial charge is 0.326 e. The van der Waals surface area contributed by atoms with Crippen molar-refractivity contribution in [2.45, 2.75) is 65.4 Å². The Morgan fingerprint density at radius 2 is 1.49 bits per heavy atom. The Hall–Kier alpha value is -3.82. The molecule has 1 aliphatic heterocycles. The number of hydrogen-bond acceptors (Lipinski definition) is 5. The van der Waals surface area contributed by atoms with Crippen LogP contribution in [0.1, 0.15) is 46.7 Å². The van der Waals surface area contributed by atoms with Crippen molar-refractivity contribution in [2.24, 2.45) is 0 Å². The number of imide groups is 1. The standard InChI is InChI=1S/C30H33N3O5S/c1-18-7-9-24(10-8-18)17-32(39(37,38)29-21(4)19(2)15-20(3)22(29)5)27-16-28(35)33(30(27)36)26-13-11-25(12-14-26)31-23(6)34/h7-15,27H,16-17H2,1-6H3,(H,31,34). The molecule has 0 bridgehead atoms. The average Bonchev–Trinajstić information content (AvgIpc) is 3.15. The number of benzene rings is 3. The van der Waals surface area contributed by atoms with Gasteiger partial charge in [0.05, 0.1) is 17.0 Å². The van der Waals surface area contributed by atoms with E-state index in [0.29, 0.717) is 28.1 Å². The SMILES string of the molecule is CC(=O)Nc1ccc(N2C(=O)CC(N(Cc3ccc(C)cc3)S(=O)(=O)c3c(C)c(C)cc(C)c3C)C2=O)cc1. The number of anilines is 2. The zero-order valence-electron chi connectivity index (χ0n) is 23.0. The number of sulfonamides is 1. The van der Waals surface area contributed by atoms with Crippen LogP contribution < -0.4 is 10.2 Å². The molecule has 1 fully saturated rings. The van der Waals surface area contributed by atoms with Gasteiger partial charge in [0.2, 0.25) is 21.8 Å². The molecule has 1 N–H and O–H groups in total. The summed E-state index contributed by atoms with van der Waals surface area (Å²) in [5.41, 5.74) is 5.48. The molecular weight excluding hydrogens is 514 g/mol. The van der Waals surface area contributed by atoms with E-state index in [2.05, 4.69) is 5.32 Å². The minimum absolute atomic E-state index is 0.0620. The molecular formula is C30H33N3O5S. The molecule has 0 saturated carbocycles. The van der Waals surface area contributed by atoms with Crippen LogP contribution in [0.25, 0.3) is 0 Å². The van der Waals surface area contributed by atoms with Crippen LogP contribution in [-0.4, -0.2) is 36.5 Å². The molecule has 1 saturated heterocycles. The predicted molar refractivity (Wildman–Crippen MR) is 151 cm³/mol. The highest BCUT2D eigenvalue weighted by Crippen LogP contribution is 2.35. The molecule has 0 radical (unpaired) electrons. The molecule has 3 aromatic carbocycles. The summed E-state index contributed by atoms with van der Waals surface area (Å²) in [6.07, 6.45) is -0.278. The first-order valence-electron chi connectivity index (χ1n) is 12.7. The van der Waals surface area contributed by atoms with Crippen LogP contribution in [-0.2, 0) is 31.0 Å². The van der Waals surface area contributed by atoms with Gasteiger partial charge in [-0.25, -0.2) is 13.3 Å². The second-order valence-electron chi connectivity index (χ2n) is 10.1. The zero-order valence-corrected chi connectivity index (χ0v) is 23.8. The lowest BCUT2D eigenvalue weighted by atomic mass is 10.0. The lowest BCUT2D eigenvalue weighted by Gasteiger charge is -2.29. The maximum absolute atomic E-state index is 14.4. The van der Waals surface area contributed by atoms with Gasteiger partial charge in [0.25, 0.3) is 5.91 Å². The topological polar surface area (TPSA) is 104 Å². The second-order valence-corrected chi connectivity index (χ2v) is 12.0. The van der Waals surface area contributed by atoms with E-state index >= 15 is 0 Å². The molecule has 1 heterocycles. The first-order valence-corrected chi connectivity index (χ1v) is 14.1. The molecule has 4 rings (SSSR count). The van der Waals surface area contributed by atoms with Crippen molar-refractivity contribution >= 4 is 39.1 Å². The maximum Gasteiger partial charge on any atom is 0.252 e. The molecule has 1 unspecified atom stereocenters. The van der Waals surface area contributed by atoms with Crippen LogP contribution in [0, 0.1) is 34.6 Å². The Bertz CT molecular complexity index is 1540. The molecule has 9 heteroatoms. The van der Waals surface area contributed by atoms with E-state index in [0.717, 1.165) is 21.6 Å². The lowest BCUT2D eigenvalue weighted by Crippen LogP contribution is -2.45. The maximum atomic E-state index is 14.4. The van der Waals surface area contributed by atoms with Crippen molar-refractivity contribution in [1.29, 1.82) is 0 Å². The predicted octanol–water partition coefficient (Wildman–Crippen LogP) is 4.71. The van der Waals surface area contributed by atoms with Crippen LogP contribution in [0.2, 0.25) is 0 Å². The van der Waals surface area contributed by atoms with Crippen molar-refractivity contribution in [3.05, 3.63) is 88.0 Å². The fourth-order valence-corrected chi connectivity index (χ4v) is 7.08. The van der Waals surface area contributed by atoms with Gasteiger partial charge >= 0.3 is 0 Å². The third kappa shape index (κ3) is 5.51. The number of rotatable bonds is 7. The van der Waals surface area contributed by atoms with Crippen LogP contribution in [0.5, 0.6) is 0 Å². The van der Waals surface area contributed by atoms with Crippen LogP contribution in [0.15, 0.2) is 59.5 Å². The smallest absolute Gasteiger partial charge is 0.252 e. The third-order valence-electron chi connectivity index (χ3n) is 7.24. The zero-order chi connectivity index (χ0) is 28.6. The molecule has 1 atom stereocenters. The van der Waals surface area contributed by atoms with Crippen LogP contribution in [0.3, 0.4) is 0 Å². The van der Waals surface area contributed by atoms with Crippen molar-refractivity contribution in [3.63, 3.8) is 0 Å². The van der Waals surface area contributed by atoms with E-state index in [1.54, 1.807) is 38.1 Å². The number of hydrogen-bond donors (Lipinski definition) is 1. The van der Waals surface area contributed by atoms with E-state index in [-0.39, 0.29) is 23.8 Å². The summed E-state index contributed by atoms with van der Waals surface area (Å²) in [5.74, 6) is -1.34. The quantitative estimate of drug-likeness (QED) is 0.432. The molecule has 0 aliphatic carbocycles. The molecule has 0 aromatic heterocycles. The Labute approximate surface area is 229 Å². The van der Waals surface area contributed by atoms with E-state index in [1.165, 1.54) is 11.2 Å². The van der Waals surface area contributed by atoms with Gasteiger partial charge in [0.1, 0.15) is 6.04 Å². The summed E-state index contributed by atoms with van der Waals surface area (Å²) in [5, 5.41) is 2.65. The molecule has 39 heavy (non-hydrogen) atoms.